The summed E-state index contributed by atoms with van der Waals surface area (Å²) in [6.45, 7) is 4.43. The number of aryl methyl sites for hydroxylation is 2. The molecule has 0 N–H and O–H groups in total. The summed E-state index contributed by atoms with van der Waals surface area (Å²) in [4.78, 5) is 19.0. The highest BCUT2D eigenvalue weighted by atomic mass is 19.1. The molecular formula is C18H21FN2O2. The van der Waals surface area contributed by atoms with Crippen molar-refractivity contribution >= 4 is 5.91 Å². The first kappa shape index (κ1) is 15.7. The molecule has 4 nitrogen and oxygen atoms in total. The van der Waals surface area contributed by atoms with Gasteiger partial charge in [-0.15, -0.1) is 0 Å². The number of halogens is 1. The van der Waals surface area contributed by atoms with E-state index in [1.54, 1.807) is 19.1 Å². The van der Waals surface area contributed by atoms with Gasteiger partial charge in [-0.2, -0.15) is 0 Å². The third-order valence-corrected chi connectivity index (χ3v) is 4.36. The molecule has 0 spiro atoms. The average Bonchev–Trinajstić information content (AvgIpc) is 2.96. The standard InChI is InChI=1S/C18H21FN2O2/c1-3-16-20-12(2)17(23-16)18(22)21-11-5-4-6-15(21)13-7-9-14(19)10-8-13/h7-10,15H,3-6,11H2,1-2H3. The number of amides is 1. The molecule has 1 saturated heterocycles. The Kier molecular flexibility index (Phi) is 4.46. The fraction of sp³-hybridized carbons (Fsp3) is 0.444. The number of hydrogen-bond donors (Lipinski definition) is 0. The second kappa shape index (κ2) is 6.52. The number of benzene rings is 1. The number of likely N-dealkylation sites (tertiary alicyclic amines) is 1. The number of rotatable bonds is 3. The number of carbonyl (C=O) groups excluding carboxylic acids is 1. The topological polar surface area (TPSA) is 46.3 Å². The van der Waals surface area contributed by atoms with E-state index in [0.717, 1.165) is 24.8 Å². The van der Waals surface area contributed by atoms with Gasteiger partial charge in [0.1, 0.15) is 5.82 Å². The molecule has 1 atom stereocenters. The third-order valence-electron chi connectivity index (χ3n) is 4.36. The lowest BCUT2D eigenvalue weighted by molar-refractivity contribution is 0.0576. The lowest BCUT2D eigenvalue weighted by atomic mass is 9.95. The summed E-state index contributed by atoms with van der Waals surface area (Å²) in [6, 6.07) is 6.38. The molecule has 2 aromatic rings. The zero-order chi connectivity index (χ0) is 16.4. The maximum atomic E-state index is 13.2. The molecule has 1 aliphatic rings. The van der Waals surface area contributed by atoms with Gasteiger partial charge < -0.3 is 9.32 Å². The quantitative estimate of drug-likeness (QED) is 0.858. The van der Waals surface area contributed by atoms with Crippen molar-refractivity contribution in [2.24, 2.45) is 0 Å². The molecule has 1 aromatic carbocycles. The molecule has 1 aliphatic heterocycles. The summed E-state index contributed by atoms with van der Waals surface area (Å²) in [5.74, 6) is 0.530. The highest BCUT2D eigenvalue weighted by molar-refractivity contribution is 5.92. The second-order valence-electron chi connectivity index (χ2n) is 5.94. The summed E-state index contributed by atoms with van der Waals surface area (Å²) in [5.41, 5.74) is 1.60. The zero-order valence-electron chi connectivity index (χ0n) is 13.5. The van der Waals surface area contributed by atoms with Crippen LogP contribution in [0.5, 0.6) is 0 Å². The van der Waals surface area contributed by atoms with E-state index >= 15 is 0 Å². The summed E-state index contributed by atoms with van der Waals surface area (Å²) < 4.78 is 18.8. The van der Waals surface area contributed by atoms with E-state index in [-0.39, 0.29) is 17.8 Å². The van der Waals surface area contributed by atoms with Crippen LogP contribution in [0, 0.1) is 12.7 Å². The van der Waals surface area contributed by atoms with Gasteiger partial charge in [-0.1, -0.05) is 19.1 Å². The molecule has 0 aliphatic carbocycles. The van der Waals surface area contributed by atoms with Gasteiger partial charge in [-0.05, 0) is 43.9 Å². The molecule has 122 valence electrons. The molecule has 3 rings (SSSR count). The van der Waals surface area contributed by atoms with Crippen LogP contribution in [0.15, 0.2) is 28.7 Å². The van der Waals surface area contributed by atoms with Crippen LogP contribution in [0.25, 0.3) is 0 Å². The van der Waals surface area contributed by atoms with Gasteiger partial charge >= 0.3 is 0 Å². The van der Waals surface area contributed by atoms with Gasteiger partial charge in [0, 0.05) is 13.0 Å². The molecule has 1 fully saturated rings. The van der Waals surface area contributed by atoms with Crippen molar-refractivity contribution in [1.29, 1.82) is 0 Å². The maximum Gasteiger partial charge on any atom is 0.292 e. The van der Waals surface area contributed by atoms with Crippen LogP contribution in [0.1, 0.15) is 59.9 Å². The Balaban J connectivity index is 1.89. The van der Waals surface area contributed by atoms with Crippen LogP contribution in [0.4, 0.5) is 4.39 Å². The number of hydrogen-bond acceptors (Lipinski definition) is 3. The maximum absolute atomic E-state index is 13.2. The Morgan fingerprint density at radius 1 is 1.35 bits per heavy atom. The Hall–Kier alpha value is -2.17. The summed E-state index contributed by atoms with van der Waals surface area (Å²) in [6.07, 6.45) is 3.57. The second-order valence-corrected chi connectivity index (χ2v) is 5.94. The lowest BCUT2D eigenvalue weighted by Crippen LogP contribution is -2.38. The van der Waals surface area contributed by atoms with Crippen LogP contribution in [0.3, 0.4) is 0 Å². The summed E-state index contributed by atoms with van der Waals surface area (Å²) in [7, 11) is 0. The molecule has 0 bridgehead atoms. The Labute approximate surface area is 135 Å². The molecular weight excluding hydrogens is 295 g/mol. The largest absolute Gasteiger partial charge is 0.435 e. The van der Waals surface area contributed by atoms with Crippen molar-refractivity contribution in [3.8, 4) is 0 Å². The van der Waals surface area contributed by atoms with E-state index < -0.39 is 0 Å². The van der Waals surface area contributed by atoms with Crippen LogP contribution in [0.2, 0.25) is 0 Å². The van der Waals surface area contributed by atoms with E-state index in [2.05, 4.69) is 4.98 Å². The highest BCUT2D eigenvalue weighted by Gasteiger charge is 2.31. The van der Waals surface area contributed by atoms with Gasteiger partial charge in [-0.3, -0.25) is 4.79 Å². The summed E-state index contributed by atoms with van der Waals surface area (Å²) in [5, 5.41) is 0. The predicted molar refractivity (Wildman–Crippen MR) is 84.6 cm³/mol. The first-order chi connectivity index (χ1) is 11.1. The lowest BCUT2D eigenvalue weighted by Gasteiger charge is -2.35. The zero-order valence-corrected chi connectivity index (χ0v) is 13.5. The summed E-state index contributed by atoms with van der Waals surface area (Å²) >= 11 is 0. The third kappa shape index (κ3) is 3.14. The molecule has 1 aromatic heterocycles. The van der Waals surface area contributed by atoms with E-state index in [1.807, 2.05) is 11.8 Å². The Morgan fingerprint density at radius 3 is 2.74 bits per heavy atom. The van der Waals surface area contributed by atoms with E-state index in [9.17, 15) is 9.18 Å². The van der Waals surface area contributed by atoms with Crippen molar-refractivity contribution in [2.75, 3.05) is 6.54 Å². The smallest absolute Gasteiger partial charge is 0.292 e. The minimum absolute atomic E-state index is 0.0357. The Bertz CT molecular complexity index is 694. The van der Waals surface area contributed by atoms with Crippen LogP contribution in [-0.2, 0) is 6.42 Å². The van der Waals surface area contributed by atoms with Crippen molar-refractivity contribution in [3.63, 3.8) is 0 Å². The van der Waals surface area contributed by atoms with Crippen molar-refractivity contribution in [2.45, 2.75) is 45.6 Å². The van der Waals surface area contributed by atoms with Gasteiger partial charge in [-0.25, -0.2) is 9.37 Å². The molecule has 0 saturated carbocycles. The first-order valence-corrected chi connectivity index (χ1v) is 8.13. The minimum Gasteiger partial charge on any atom is -0.435 e. The monoisotopic (exact) mass is 316 g/mol. The van der Waals surface area contributed by atoms with E-state index in [0.29, 0.717) is 30.3 Å². The molecule has 2 heterocycles. The van der Waals surface area contributed by atoms with Crippen LogP contribution < -0.4 is 0 Å². The van der Waals surface area contributed by atoms with Crippen LogP contribution in [-0.4, -0.2) is 22.3 Å². The van der Waals surface area contributed by atoms with E-state index in [4.69, 9.17) is 4.42 Å². The number of aromatic nitrogens is 1. The first-order valence-electron chi connectivity index (χ1n) is 8.13. The number of carbonyl (C=O) groups is 1. The minimum atomic E-state index is -0.263. The van der Waals surface area contributed by atoms with Gasteiger partial charge in [0.25, 0.3) is 5.91 Å². The van der Waals surface area contributed by atoms with Crippen molar-refractivity contribution in [1.82, 2.24) is 9.88 Å². The molecule has 1 unspecified atom stereocenters. The fourth-order valence-electron chi connectivity index (χ4n) is 3.14. The van der Waals surface area contributed by atoms with Gasteiger partial charge in [0.2, 0.25) is 5.76 Å². The highest BCUT2D eigenvalue weighted by Crippen LogP contribution is 2.32. The normalized spacial score (nSPS) is 18.2. The molecule has 0 radical (unpaired) electrons. The Morgan fingerprint density at radius 2 is 2.09 bits per heavy atom. The predicted octanol–water partition coefficient (Wildman–Crippen LogP) is 4.05. The number of piperidine rings is 1. The molecule has 23 heavy (non-hydrogen) atoms. The van der Waals surface area contributed by atoms with Gasteiger partial charge in [0.15, 0.2) is 5.89 Å². The average molecular weight is 316 g/mol. The van der Waals surface area contributed by atoms with Crippen LogP contribution >= 0.6 is 0 Å². The van der Waals surface area contributed by atoms with Gasteiger partial charge in [0.05, 0.1) is 11.7 Å². The van der Waals surface area contributed by atoms with Crippen molar-refractivity contribution < 1.29 is 13.6 Å². The number of oxazole rings is 1. The SMILES string of the molecule is CCc1nc(C)c(C(=O)N2CCCCC2c2ccc(F)cc2)o1. The molecule has 1 amide bonds. The molecule has 5 heteroatoms. The number of nitrogens with zero attached hydrogens (tertiary/aromatic N) is 2. The van der Waals surface area contributed by atoms with E-state index in [1.165, 1.54) is 12.1 Å². The fourth-order valence-corrected chi connectivity index (χ4v) is 3.14. The van der Waals surface area contributed by atoms with Crippen molar-refractivity contribution in [3.05, 3.63) is 53.0 Å².